The number of aromatic amines is 1. The van der Waals surface area contributed by atoms with Crippen molar-refractivity contribution in [2.75, 3.05) is 5.32 Å². The highest BCUT2D eigenvalue weighted by Crippen LogP contribution is 2.21. The maximum Gasteiger partial charge on any atom is 0.412 e. The monoisotopic (exact) mass is 481 g/mol. The summed E-state index contributed by atoms with van der Waals surface area (Å²) in [5, 5.41) is 20.2. The molecule has 0 fully saturated rings. The van der Waals surface area contributed by atoms with Gasteiger partial charge >= 0.3 is 18.0 Å². The number of rotatable bonds is 6. The number of carbonyl (C=O) groups is 3. The van der Waals surface area contributed by atoms with E-state index in [4.69, 9.17) is 14.9 Å². The second kappa shape index (κ2) is 9.05. The second-order valence-corrected chi connectivity index (χ2v) is 7.35. The zero-order valence-electron chi connectivity index (χ0n) is 17.9. The predicted molar refractivity (Wildman–Crippen MR) is 118 cm³/mol. The smallest absolute Gasteiger partial charge is 0.412 e. The number of H-pyrrole nitrogens is 1. The quantitative estimate of drug-likeness (QED) is 0.322. The van der Waals surface area contributed by atoms with Crippen molar-refractivity contribution in [2.45, 2.75) is 13.5 Å². The summed E-state index contributed by atoms with van der Waals surface area (Å²) in [5.41, 5.74) is 0.331. The largest absolute Gasteiger partial charge is 0.478 e. The van der Waals surface area contributed by atoms with Crippen molar-refractivity contribution >= 4 is 34.8 Å². The Morgan fingerprint density at radius 1 is 1.17 bits per heavy atom. The van der Waals surface area contributed by atoms with Crippen molar-refractivity contribution in [3.8, 4) is 5.69 Å². The number of hydrogen-bond donors (Lipinski definition) is 4. The van der Waals surface area contributed by atoms with E-state index in [0.29, 0.717) is 16.9 Å². The molecule has 2 aromatic heterocycles. The van der Waals surface area contributed by atoms with Gasteiger partial charge in [-0.05, 0) is 42.8 Å². The molecule has 0 bridgehead atoms. The highest BCUT2D eigenvalue weighted by Gasteiger charge is 2.15. The molecule has 0 aliphatic heterocycles. The molecule has 0 spiro atoms. The lowest BCUT2D eigenvalue weighted by atomic mass is 10.1. The topological polar surface area (TPSA) is 176 Å². The number of anilines is 1. The van der Waals surface area contributed by atoms with Crippen LogP contribution in [0.3, 0.4) is 0 Å². The third-order valence-electron chi connectivity index (χ3n) is 4.93. The lowest BCUT2D eigenvalue weighted by Gasteiger charge is -2.09. The number of halogens is 1. The van der Waals surface area contributed by atoms with Crippen molar-refractivity contribution < 1.29 is 33.7 Å². The van der Waals surface area contributed by atoms with Crippen molar-refractivity contribution in [1.82, 2.24) is 19.5 Å². The number of hydrogen-bond acceptors (Lipinski definition) is 7. The van der Waals surface area contributed by atoms with Gasteiger partial charge in [0.2, 0.25) is 5.69 Å². The minimum Gasteiger partial charge on any atom is -0.478 e. The second-order valence-electron chi connectivity index (χ2n) is 7.35. The fourth-order valence-electron chi connectivity index (χ4n) is 3.26. The summed E-state index contributed by atoms with van der Waals surface area (Å²) in [7, 11) is 0. The van der Waals surface area contributed by atoms with Gasteiger partial charge in [0, 0.05) is 6.20 Å². The number of ether oxygens (including phenoxy) is 1. The number of aromatic nitrogens is 4. The summed E-state index contributed by atoms with van der Waals surface area (Å²) in [6.07, 6.45) is 2.03. The maximum absolute atomic E-state index is 14.0. The first-order chi connectivity index (χ1) is 16.6. The number of amides is 1. The van der Waals surface area contributed by atoms with Gasteiger partial charge in [-0.1, -0.05) is 0 Å². The first-order valence-corrected chi connectivity index (χ1v) is 9.90. The molecule has 0 atom stereocenters. The van der Waals surface area contributed by atoms with E-state index in [0.717, 1.165) is 23.8 Å². The Kier molecular flexibility index (Phi) is 5.97. The van der Waals surface area contributed by atoms with Crippen LogP contribution in [0.25, 0.3) is 16.7 Å². The standard InChI is InChI=1S/C22H16FN5O7/c1-10-4-15-16(25-18(21(32)33)19(29)26-15)6-17(10)28-7-12(24-9-28)8-35-22(34)27-14-3-2-11(20(30)31)5-13(14)23/h2-7,9H,8H2,1H3,(H,26,29)(H,27,34)(H,30,31)(H,32,33). The van der Waals surface area contributed by atoms with Crippen LogP contribution >= 0.6 is 0 Å². The number of imidazole rings is 1. The van der Waals surface area contributed by atoms with Crippen molar-refractivity contribution in [2.24, 2.45) is 0 Å². The van der Waals surface area contributed by atoms with Gasteiger partial charge in [-0.25, -0.2) is 28.7 Å². The fourth-order valence-corrected chi connectivity index (χ4v) is 3.26. The van der Waals surface area contributed by atoms with Gasteiger partial charge in [0.1, 0.15) is 12.4 Å². The molecule has 0 aliphatic carbocycles. The molecule has 1 amide bonds. The van der Waals surface area contributed by atoms with Gasteiger partial charge in [-0.15, -0.1) is 0 Å². The van der Waals surface area contributed by atoms with Crippen molar-refractivity contribution in [3.05, 3.63) is 81.5 Å². The summed E-state index contributed by atoms with van der Waals surface area (Å²) in [5.74, 6) is -3.69. The number of nitrogens with zero attached hydrogens (tertiary/aromatic N) is 3. The number of nitrogens with one attached hydrogen (secondary N) is 2. The van der Waals surface area contributed by atoms with Gasteiger partial charge < -0.3 is 24.5 Å². The first kappa shape index (κ1) is 23.1. The number of carboxylic acid groups (broad SMARTS) is 2. The molecule has 2 heterocycles. The number of aryl methyl sites for hydroxylation is 1. The van der Waals surface area contributed by atoms with Crippen LogP contribution in [0.15, 0.2) is 47.7 Å². The molecule has 4 aromatic rings. The van der Waals surface area contributed by atoms with E-state index < -0.39 is 35.1 Å². The van der Waals surface area contributed by atoms with Crippen LogP contribution in [0.1, 0.15) is 32.1 Å². The lowest BCUT2D eigenvalue weighted by molar-refractivity contribution is 0.0681. The highest BCUT2D eigenvalue weighted by molar-refractivity contribution is 5.90. The molecule has 13 heteroatoms. The van der Waals surface area contributed by atoms with Gasteiger partial charge in [0.25, 0.3) is 5.56 Å². The molecule has 4 N–H and O–H groups in total. The molecular weight excluding hydrogens is 465 g/mol. The Hall–Kier alpha value is -5.07. The third kappa shape index (κ3) is 4.83. The fraction of sp³-hybridized carbons (Fsp3) is 0.0909. The lowest BCUT2D eigenvalue weighted by Crippen LogP contribution is -2.20. The molecule has 35 heavy (non-hydrogen) atoms. The van der Waals surface area contributed by atoms with Gasteiger partial charge in [0.15, 0.2) is 0 Å². The van der Waals surface area contributed by atoms with Crippen LogP contribution in [0.4, 0.5) is 14.9 Å². The Morgan fingerprint density at radius 3 is 2.63 bits per heavy atom. The number of fused-ring (bicyclic) bond motifs is 1. The van der Waals surface area contributed by atoms with Crippen LogP contribution in [0.2, 0.25) is 0 Å². The minimum atomic E-state index is -1.45. The Bertz CT molecular complexity index is 1560. The van der Waals surface area contributed by atoms with Crippen molar-refractivity contribution in [3.63, 3.8) is 0 Å². The molecular formula is C22H16FN5O7. The van der Waals surface area contributed by atoms with E-state index in [1.165, 1.54) is 6.33 Å². The molecule has 0 radical (unpaired) electrons. The Balaban J connectivity index is 1.48. The molecule has 0 saturated carbocycles. The zero-order valence-corrected chi connectivity index (χ0v) is 17.9. The normalized spacial score (nSPS) is 10.8. The summed E-state index contributed by atoms with van der Waals surface area (Å²) in [4.78, 5) is 56.5. The van der Waals surface area contributed by atoms with E-state index in [1.54, 1.807) is 29.8 Å². The van der Waals surface area contributed by atoms with Crippen LogP contribution < -0.4 is 10.9 Å². The molecule has 0 aliphatic rings. The average Bonchev–Trinajstić information content (AvgIpc) is 3.26. The Morgan fingerprint density at radius 2 is 1.94 bits per heavy atom. The van der Waals surface area contributed by atoms with Crippen LogP contribution in [-0.4, -0.2) is 47.8 Å². The van der Waals surface area contributed by atoms with Crippen LogP contribution in [0, 0.1) is 12.7 Å². The Labute approximate surface area is 194 Å². The number of aromatic carboxylic acids is 2. The minimum absolute atomic E-state index is 0.247. The SMILES string of the molecule is Cc1cc2[nH]c(=O)c(C(=O)O)nc2cc1-n1cnc(COC(=O)Nc2ccc(C(=O)O)cc2F)c1. The summed E-state index contributed by atoms with van der Waals surface area (Å²) in [6, 6.07) is 6.23. The van der Waals surface area contributed by atoms with E-state index in [-0.39, 0.29) is 23.4 Å². The molecule has 4 rings (SSSR count). The first-order valence-electron chi connectivity index (χ1n) is 9.90. The van der Waals surface area contributed by atoms with Crippen LogP contribution in [-0.2, 0) is 11.3 Å². The van der Waals surface area contributed by atoms with E-state index >= 15 is 0 Å². The molecule has 178 valence electrons. The van der Waals surface area contributed by atoms with Crippen LogP contribution in [0.5, 0.6) is 0 Å². The summed E-state index contributed by atoms with van der Waals surface area (Å²) >= 11 is 0. The third-order valence-corrected chi connectivity index (χ3v) is 4.93. The number of benzene rings is 2. The summed E-state index contributed by atoms with van der Waals surface area (Å²) < 4.78 is 20.6. The number of carbonyl (C=O) groups excluding carboxylic acids is 1. The van der Waals surface area contributed by atoms with Gasteiger partial charge in [-0.3, -0.25) is 10.1 Å². The van der Waals surface area contributed by atoms with E-state index in [9.17, 15) is 23.6 Å². The van der Waals surface area contributed by atoms with Gasteiger partial charge in [-0.2, -0.15) is 0 Å². The highest BCUT2D eigenvalue weighted by atomic mass is 19.1. The maximum atomic E-state index is 14.0. The predicted octanol–water partition coefficient (Wildman–Crippen LogP) is 2.70. The molecule has 2 aromatic carbocycles. The molecule has 12 nitrogen and oxygen atoms in total. The van der Waals surface area contributed by atoms with E-state index in [1.807, 2.05) is 0 Å². The zero-order chi connectivity index (χ0) is 25.3. The van der Waals surface area contributed by atoms with Crippen molar-refractivity contribution in [1.29, 1.82) is 0 Å². The average molecular weight is 481 g/mol. The molecule has 0 unspecified atom stereocenters. The van der Waals surface area contributed by atoms with Gasteiger partial charge in [0.05, 0.1) is 40.0 Å². The molecule has 0 saturated heterocycles. The van der Waals surface area contributed by atoms with E-state index in [2.05, 4.69) is 20.3 Å². The number of carboxylic acids is 2. The summed E-state index contributed by atoms with van der Waals surface area (Å²) in [6.45, 7) is 1.51.